The van der Waals surface area contributed by atoms with Crippen molar-refractivity contribution < 1.29 is 23.4 Å². The predicted molar refractivity (Wildman–Crippen MR) is 66.4 cm³/mol. The summed E-state index contributed by atoms with van der Waals surface area (Å²) in [6.07, 6.45) is 1.44. The third-order valence-electron chi connectivity index (χ3n) is 2.14. The lowest BCUT2D eigenvalue weighted by Crippen LogP contribution is -2.25. The van der Waals surface area contributed by atoms with Gasteiger partial charge in [0.15, 0.2) is 0 Å². The quantitative estimate of drug-likeness (QED) is 0.668. The van der Waals surface area contributed by atoms with E-state index in [0.717, 1.165) is 12.3 Å². The van der Waals surface area contributed by atoms with Gasteiger partial charge in [0.25, 0.3) is 5.91 Å². The maximum atomic E-state index is 11.6. The van der Waals surface area contributed by atoms with Crippen LogP contribution in [0.5, 0.6) is 11.5 Å². The van der Waals surface area contributed by atoms with Crippen molar-refractivity contribution in [3.8, 4) is 11.5 Å². The van der Waals surface area contributed by atoms with E-state index in [1.54, 1.807) is 0 Å². The molecule has 0 fully saturated rings. The van der Waals surface area contributed by atoms with E-state index in [1.807, 2.05) is 0 Å². The number of rotatable bonds is 5. The summed E-state index contributed by atoms with van der Waals surface area (Å²) in [5, 5.41) is 20.9. The first-order valence-electron chi connectivity index (χ1n) is 5.27. The van der Waals surface area contributed by atoms with Crippen molar-refractivity contribution in [2.75, 3.05) is 18.6 Å². The van der Waals surface area contributed by atoms with E-state index in [0.29, 0.717) is 6.42 Å². The SMILES string of the molecule is CS(=O)(=O)CCCNC(=O)c1cc(O)cc(O)c1. The number of nitrogens with one attached hydrogen (secondary N) is 1. The summed E-state index contributed by atoms with van der Waals surface area (Å²) in [7, 11) is -3.03. The Balaban J connectivity index is 2.51. The van der Waals surface area contributed by atoms with E-state index in [9.17, 15) is 23.4 Å². The van der Waals surface area contributed by atoms with E-state index in [-0.39, 0.29) is 29.4 Å². The maximum Gasteiger partial charge on any atom is 0.251 e. The highest BCUT2D eigenvalue weighted by Gasteiger charge is 2.08. The molecule has 0 atom stereocenters. The van der Waals surface area contributed by atoms with Crippen molar-refractivity contribution >= 4 is 15.7 Å². The topological polar surface area (TPSA) is 104 Å². The molecule has 0 bridgehead atoms. The Morgan fingerprint density at radius 1 is 1.22 bits per heavy atom. The normalized spacial score (nSPS) is 11.2. The van der Waals surface area contributed by atoms with Crippen LogP contribution in [0.4, 0.5) is 0 Å². The third kappa shape index (κ3) is 5.05. The first kappa shape index (κ1) is 14.3. The monoisotopic (exact) mass is 273 g/mol. The van der Waals surface area contributed by atoms with Crippen molar-refractivity contribution in [2.45, 2.75) is 6.42 Å². The zero-order valence-electron chi connectivity index (χ0n) is 9.88. The molecule has 1 aromatic rings. The lowest BCUT2D eigenvalue weighted by Gasteiger charge is -2.05. The van der Waals surface area contributed by atoms with Gasteiger partial charge in [-0.25, -0.2) is 8.42 Å². The summed E-state index contributed by atoms with van der Waals surface area (Å²) < 4.78 is 21.7. The molecule has 0 heterocycles. The van der Waals surface area contributed by atoms with E-state index in [4.69, 9.17) is 0 Å². The third-order valence-corrected chi connectivity index (χ3v) is 3.17. The maximum absolute atomic E-state index is 11.6. The van der Waals surface area contributed by atoms with Crippen molar-refractivity contribution in [2.24, 2.45) is 0 Å². The Labute approximate surface area is 105 Å². The van der Waals surface area contributed by atoms with Crippen LogP contribution in [0.2, 0.25) is 0 Å². The Bertz CT molecular complexity index is 518. The smallest absolute Gasteiger partial charge is 0.251 e. The van der Waals surface area contributed by atoms with Gasteiger partial charge in [0.2, 0.25) is 0 Å². The van der Waals surface area contributed by atoms with Crippen LogP contribution in [0.3, 0.4) is 0 Å². The molecule has 0 saturated carbocycles. The van der Waals surface area contributed by atoms with Crippen molar-refractivity contribution in [1.29, 1.82) is 0 Å². The first-order chi connectivity index (χ1) is 8.28. The molecule has 0 saturated heterocycles. The zero-order valence-corrected chi connectivity index (χ0v) is 10.7. The van der Waals surface area contributed by atoms with Gasteiger partial charge in [-0.15, -0.1) is 0 Å². The van der Waals surface area contributed by atoms with Crippen LogP contribution in [-0.2, 0) is 9.84 Å². The molecule has 1 rings (SSSR count). The molecule has 0 aromatic heterocycles. The second kappa shape index (κ2) is 5.72. The predicted octanol–water partition coefficient (Wildman–Crippen LogP) is 0.262. The van der Waals surface area contributed by atoms with Crippen LogP contribution in [0.15, 0.2) is 18.2 Å². The molecular formula is C11H15NO5S. The molecule has 0 unspecified atom stereocenters. The van der Waals surface area contributed by atoms with Gasteiger partial charge in [0.05, 0.1) is 5.75 Å². The summed E-state index contributed by atoms with van der Waals surface area (Å²) in [5.74, 6) is -0.902. The Morgan fingerprint density at radius 2 is 1.78 bits per heavy atom. The number of hydrogen-bond acceptors (Lipinski definition) is 5. The lowest BCUT2D eigenvalue weighted by atomic mass is 10.2. The highest BCUT2D eigenvalue weighted by atomic mass is 32.2. The number of phenols is 2. The fraction of sp³-hybridized carbons (Fsp3) is 0.364. The second-order valence-corrected chi connectivity index (χ2v) is 6.24. The highest BCUT2D eigenvalue weighted by molar-refractivity contribution is 7.90. The van der Waals surface area contributed by atoms with Crippen LogP contribution in [0, 0.1) is 0 Å². The van der Waals surface area contributed by atoms with Crippen LogP contribution < -0.4 is 5.32 Å². The second-order valence-electron chi connectivity index (χ2n) is 3.98. The number of hydrogen-bond donors (Lipinski definition) is 3. The van der Waals surface area contributed by atoms with Crippen molar-refractivity contribution in [1.82, 2.24) is 5.32 Å². The van der Waals surface area contributed by atoms with Gasteiger partial charge in [0.1, 0.15) is 21.3 Å². The van der Waals surface area contributed by atoms with Crippen molar-refractivity contribution in [3.05, 3.63) is 23.8 Å². The average Bonchev–Trinajstić information content (AvgIpc) is 2.21. The van der Waals surface area contributed by atoms with Gasteiger partial charge >= 0.3 is 0 Å². The molecule has 0 spiro atoms. The molecule has 18 heavy (non-hydrogen) atoms. The van der Waals surface area contributed by atoms with Gasteiger partial charge in [-0.1, -0.05) is 0 Å². The van der Waals surface area contributed by atoms with Gasteiger partial charge < -0.3 is 15.5 Å². The number of carbonyl (C=O) groups excluding carboxylic acids is 1. The summed E-state index contributed by atoms with van der Waals surface area (Å²) in [6, 6.07) is 3.54. The summed E-state index contributed by atoms with van der Waals surface area (Å²) in [6.45, 7) is 0.211. The molecule has 3 N–H and O–H groups in total. The standard InChI is InChI=1S/C11H15NO5S/c1-18(16,17)4-2-3-12-11(15)8-5-9(13)7-10(14)6-8/h5-7,13-14H,2-4H2,1H3,(H,12,15). The van der Waals surface area contributed by atoms with Crippen LogP contribution >= 0.6 is 0 Å². The molecule has 1 amide bonds. The minimum Gasteiger partial charge on any atom is -0.508 e. The first-order valence-corrected chi connectivity index (χ1v) is 7.33. The summed E-state index contributed by atoms with van der Waals surface area (Å²) in [4.78, 5) is 11.6. The van der Waals surface area contributed by atoms with Crippen LogP contribution in [0.25, 0.3) is 0 Å². The molecule has 0 aliphatic heterocycles. The van der Waals surface area contributed by atoms with Gasteiger partial charge in [0, 0.05) is 24.4 Å². The summed E-state index contributed by atoms with van der Waals surface area (Å²) in [5.41, 5.74) is 0.117. The fourth-order valence-corrected chi connectivity index (χ4v) is 2.03. The molecule has 0 aliphatic rings. The van der Waals surface area contributed by atoms with E-state index < -0.39 is 15.7 Å². The van der Waals surface area contributed by atoms with Crippen LogP contribution in [0.1, 0.15) is 16.8 Å². The van der Waals surface area contributed by atoms with Gasteiger partial charge in [-0.05, 0) is 18.6 Å². The molecule has 100 valence electrons. The number of carbonyl (C=O) groups is 1. The largest absolute Gasteiger partial charge is 0.508 e. The van der Waals surface area contributed by atoms with Crippen LogP contribution in [-0.4, -0.2) is 43.1 Å². The van der Waals surface area contributed by atoms with E-state index >= 15 is 0 Å². The minimum atomic E-state index is -3.03. The zero-order chi connectivity index (χ0) is 13.8. The van der Waals surface area contributed by atoms with E-state index in [1.165, 1.54) is 12.1 Å². The molecule has 7 heteroatoms. The van der Waals surface area contributed by atoms with Gasteiger partial charge in [-0.2, -0.15) is 0 Å². The Morgan fingerprint density at radius 3 is 2.28 bits per heavy atom. The van der Waals surface area contributed by atoms with E-state index in [2.05, 4.69) is 5.32 Å². The van der Waals surface area contributed by atoms with Gasteiger partial charge in [-0.3, -0.25) is 4.79 Å². The summed E-state index contributed by atoms with van der Waals surface area (Å²) >= 11 is 0. The molecule has 0 aliphatic carbocycles. The number of amides is 1. The number of benzene rings is 1. The highest BCUT2D eigenvalue weighted by Crippen LogP contribution is 2.20. The number of sulfone groups is 1. The number of aromatic hydroxyl groups is 2. The Hall–Kier alpha value is -1.76. The fourth-order valence-electron chi connectivity index (χ4n) is 1.36. The number of phenolic OH excluding ortho intramolecular Hbond substituents is 2. The Kier molecular flexibility index (Phi) is 4.55. The molecule has 6 nitrogen and oxygen atoms in total. The minimum absolute atomic E-state index is 0.00142. The molecular weight excluding hydrogens is 258 g/mol. The molecule has 1 aromatic carbocycles. The average molecular weight is 273 g/mol. The lowest BCUT2D eigenvalue weighted by molar-refractivity contribution is 0.0953. The van der Waals surface area contributed by atoms with Crippen molar-refractivity contribution in [3.63, 3.8) is 0 Å². The molecule has 0 radical (unpaired) electrons.